The molecule has 0 amide bonds. The highest BCUT2D eigenvalue weighted by Crippen LogP contribution is 2.49. The molecule has 1 nitrogen and oxygen atoms in total. The summed E-state index contributed by atoms with van der Waals surface area (Å²) in [4.78, 5) is 0. The molecule has 1 N–H and O–H groups in total. The van der Waals surface area contributed by atoms with Gasteiger partial charge >= 0.3 is 0 Å². The third-order valence-electron chi connectivity index (χ3n) is 2.44. The van der Waals surface area contributed by atoms with E-state index in [1.165, 1.54) is 6.07 Å². The minimum absolute atomic E-state index is 0.00187. The first-order valence-electron chi connectivity index (χ1n) is 4.85. The zero-order chi connectivity index (χ0) is 14.3. The minimum atomic E-state index is -0.567. The molecule has 7 heteroatoms. The smallest absolute Gasteiger partial charge is 0.124 e. The summed E-state index contributed by atoms with van der Waals surface area (Å²) in [5.41, 5.74) is 0.204. The van der Waals surface area contributed by atoms with Gasteiger partial charge in [-0.15, -0.1) is 0 Å². The van der Waals surface area contributed by atoms with Crippen molar-refractivity contribution in [2.24, 2.45) is 0 Å². The summed E-state index contributed by atoms with van der Waals surface area (Å²) in [6.45, 7) is 0. The standard InChI is InChI=1S/C12H4Cl5FO/c13-8-7(5-3-4(18)1-2-6(5)19)9(14)11(16)12(17)10(8)15/h1-3,19H. The number of rotatable bonds is 1. The van der Waals surface area contributed by atoms with Gasteiger partial charge in [-0.25, -0.2) is 4.39 Å². The molecule has 2 aromatic carbocycles. The van der Waals surface area contributed by atoms with Crippen LogP contribution >= 0.6 is 58.0 Å². The summed E-state index contributed by atoms with van der Waals surface area (Å²) in [7, 11) is 0. The van der Waals surface area contributed by atoms with E-state index >= 15 is 0 Å². The van der Waals surface area contributed by atoms with E-state index in [9.17, 15) is 9.50 Å². The third kappa shape index (κ3) is 2.61. The van der Waals surface area contributed by atoms with Crippen LogP contribution in [-0.4, -0.2) is 5.11 Å². The van der Waals surface area contributed by atoms with Gasteiger partial charge in [-0.3, -0.25) is 0 Å². The quantitative estimate of drug-likeness (QED) is 0.457. The summed E-state index contributed by atoms with van der Waals surface area (Å²) in [6.07, 6.45) is 0. The summed E-state index contributed by atoms with van der Waals surface area (Å²) in [5, 5.41) is 9.72. The first-order chi connectivity index (χ1) is 8.84. The second-order valence-corrected chi connectivity index (χ2v) is 5.50. The van der Waals surface area contributed by atoms with Crippen LogP contribution in [0.25, 0.3) is 11.1 Å². The Hall–Kier alpha value is -0.380. The van der Waals surface area contributed by atoms with Crippen molar-refractivity contribution in [3.8, 4) is 16.9 Å². The molecule has 2 aromatic rings. The first kappa shape index (κ1) is 15.0. The number of phenolic OH excluding ortho intramolecular Hbond substituents is 1. The van der Waals surface area contributed by atoms with Gasteiger partial charge in [-0.05, 0) is 18.2 Å². The Morgan fingerprint density at radius 1 is 0.789 bits per heavy atom. The molecule has 0 aromatic heterocycles. The molecule has 0 fully saturated rings. The monoisotopic (exact) mass is 358 g/mol. The van der Waals surface area contributed by atoms with Crippen LogP contribution in [-0.2, 0) is 0 Å². The number of phenols is 1. The van der Waals surface area contributed by atoms with Gasteiger partial charge in [0.15, 0.2) is 0 Å². The van der Waals surface area contributed by atoms with Crippen LogP contribution in [0, 0.1) is 5.82 Å². The summed E-state index contributed by atoms with van der Waals surface area (Å²) >= 11 is 29.8. The number of hydrogen-bond donors (Lipinski definition) is 1. The van der Waals surface area contributed by atoms with E-state index < -0.39 is 5.82 Å². The molecule has 0 radical (unpaired) electrons. The van der Waals surface area contributed by atoms with E-state index in [0.717, 1.165) is 12.1 Å². The van der Waals surface area contributed by atoms with Crippen molar-refractivity contribution in [1.29, 1.82) is 0 Å². The molecule has 0 heterocycles. The zero-order valence-corrected chi connectivity index (χ0v) is 12.7. The summed E-state index contributed by atoms with van der Waals surface area (Å²) in [6, 6.07) is 3.34. The number of halogens is 6. The van der Waals surface area contributed by atoms with Crippen molar-refractivity contribution in [3.63, 3.8) is 0 Å². The van der Waals surface area contributed by atoms with Crippen molar-refractivity contribution < 1.29 is 9.50 Å². The van der Waals surface area contributed by atoms with Gasteiger partial charge in [0.05, 0.1) is 25.1 Å². The highest BCUT2D eigenvalue weighted by Gasteiger charge is 2.22. The number of hydrogen-bond acceptors (Lipinski definition) is 1. The first-order valence-corrected chi connectivity index (χ1v) is 6.74. The fourth-order valence-corrected chi connectivity index (χ4v) is 2.89. The van der Waals surface area contributed by atoms with Gasteiger partial charge in [-0.2, -0.15) is 0 Å². The lowest BCUT2D eigenvalue weighted by Gasteiger charge is -2.13. The lowest BCUT2D eigenvalue weighted by molar-refractivity contribution is 0.475. The molecule has 0 aliphatic carbocycles. The maximum Gasteiger partial charge on any atom is 0.124 e. The van der Waals surface area contributed by atoms with Crippen molar-refractivity contribution in [2.45, 2.75) is 0 Å². The van der Waals surface area contributed by atoms with Gasteiger partial charge in [0.2, 0.25) is 0 Å². The van der Waals surface area contributed by atoms with E-state index in [1.54, 1.807) is 0 Å². The molecule has 0 aliphatic rings. The number of benzene rings is 2. The van der Waals surface area contributed by atoms with Crippen molar-refractivity contribution >= 4 is 58.0 Å². The molecule has 0 saturated heterocycles. The van der Waals surface area contributed by atoms with Gasteiger partial charge < -0.3 is 5.11 Å². The normalized spacial score (nSPS) is 10.8. The van der Waals surface area contributed by atoms with Crippen molar-refractivity contribution in [2.75, 3.05) is 0 Å². The molecule has 2 rings (SSSR count). The lowest BCUT2D eigenvalue weighted by Crippen LogP contribution is -1.88. The van der Waals surface area contributed by atoms with Crippen LogP contribution in [0.4, 0.5) is 4.39 Å². The zero-order valence-electron chi connectivity index (χ0n) is 8.95. The van der Waals surface area contributed by atoms with Crippen molar-refractivity contribution in [3.05, 3.63) is 49.1 Å². The Bertz CT molecular complexity index is 643. The van der Waals surface area contributed by atoms with Crippen LogP contribution in [0.15, 0.2) is 18.2 Å². The molecular formula is C12H4Cl5FO. The number of aromatic hydroxyl groups is 1. The Kier molecular flexibility index (Phi) is 4.38. The predicted molar refractivity (Wildman–Crippen MR) is 78.6 cm³/mol. The molecule has 100 valence electrons. The molecule has 19 heavy (non-hydrogen) atoms. The van der Waals surface area contributed by atoms with Crippen LogP contribution < -0.4 is 0 Å². The highest BCUT2D eigenvalue weighted by atomic mass is 35.5. The average molecular weight is 360 g/mol. The third-order valence-corrected chi connectivity index (χ3v) is 4.71. The molecule has 0 atom stereocenters. The van der Waals surface area contributed by atoms with Gasteiger partial charge in [0.1, 0.15) is 11.6 Å². The van der Waals surface area contributed by atoms with Crippen LogP contribution in [0.2, 0.25) is 25.1 Å². The van der Waals surface area contributed by atoms with E-state index in [-0.39, 0.29) is 42.0 Å². The lowest BCUT2D eigenvalue weighted by atomic mass is 10.0. The maximum absolute atomic E-state index is 13.3. The summed E-state index contributed by atoms with van der Waals surface area (Å²) < 4.78 is 13.3. The van der Waals surface area contributed by atoms with Gasteiger partial charge in [0, 0.05) is 11.1 Å². The van der Waals surface area contributed by atoms with E-state index in [4.69, 9.17) is 58.0 Å². The van der Waals surface area contributed by atoms with E-state index in [1.807, 2.05) is 0 Å². The van der Waals surface area contributed by atoms with E-state index in [2.05, 4.69) is 0 Å². The molecular weight excluding hydrogens is 356 g/mol. The van der Waals surface area contributed by atoms with Crippen LogP contribution in [0.5, 0.6) is 5.75 Å². The van der Waals surface area contributed by atoms with Crippen molar-refractivity contribution in [1.82, 2.24) is 0 Å². The molecule has 0 spiro atoms. The van der Waals surface area contributed by atoms with E-state index in [0.29, 0.717) is 0 Å². The summed E-state index contributed by atoms with van der Waals surface area (Å²) in [5.74, 6) is -0.776. The molecule has 0 bridgehead atoms. The Morgan fingerprint density at radius 2 is 1.26 bits per heavy atom. The Balaban J connectivity index is 2.87. The molecule has 0 aliphatic heterocycles. The van der Waals surface area contributed by atoms with Gasteiger partial charge in [-0.1, -0.05) is 58.0 Å². The minimum Gasteiger partial charge on any atom is -0.507 e. The maximum atomic E-state index is 13.3. The topological polar surface area (TPSA) is 20.2 Å². The second kappa shape index (κ2) is 5.55. The Morgan fingerprint density at radius 3 is 1.79 bits per heavy atom. The van der Waals surface area contributed by atoms with Gasteiger partial charge in [0.25, 0.3) is 0 Å². The van der Waals surface area contributed by atoms with Crippen LogP contribution in [0.1, 0.15) is 0 Å². The fourth-order valence-electron chi connectivity index (χ4n) is 1.55. The highest BCUT2D eigenvalue weighted by molar-refractivity contribution is 6.56. The Labute approximate surface area is 133 Å². The predicted octanol–water partition coefficient (Wildman–Crippen LogP) is 6.47. The average Bonchev–Trinajstić information content (AvgIpc) is 2.38. The SMILES string of the molecule is Oc1ccc(F)cc1-c1c(Cl)c(Cl)c(Cl)c(Cl)c1Cl. The molecule has 0 unspecified atom stereocenters. The molecule has 0 saturated carbocycles. The second-order valence-electron chi connectivity index (χ2n) is 3.61. The largest absolute Gasteiger partial charge is 0.507 e. The fraction of sp³-hybridized carbons (Fsp3) is 0. The van der Waals surface area contributed by atoms with Crippen LogP contribution in [0.3, 0.4) is 0 Å².